The van der Waals surface area contributed by atoms with E-state index in [2.05, 4.69) is 15.6 Å². The molecule has 2 bridgehead atoms. The van der Waals surface area contributed by atoms with Gasteiger partial charge in [0.25, 0.3) is 5.91 Å². The van der Waals surface area contributed by atoms with E-state index in [1.54, 1.807) is 36.4 Å². The third-order valence-corrected chi connectivity index (χ3v) is 4.81. The van der Waals surface area contributed by atoms with Crippen LogP contribution in [0.3, 0.4) is 0 Å². The lowest BCUT2D eigenvalue weighted by atomic mass is 9.95. The molecule has 6 nitrogen and oxygen atoms in total. The van der Waals surface area contributed by atoms with Gasteiger partial charge < -0.3 is 15.4 Å². The summed E-state index contributed by atoms with van der Waals surface area (Å²) in [5.41, 5.74) is 0.913. The van der Waals surface area contributed by atoms with Gasteiger partial charge in [0.2, 0.25) is 0 Å². The molecule has 2 N–H and O–H groups in total. The number of benzene rings is 1. The highest BCUT2D eigenvalue weighted by Gasteiger charge is 2.39. The number of ether oxygens (including phenoxy) is 1. The molecule has 2 aliphatic heterocycles. The van der Waals surface area contributed by atoms with Gasteiger partial charge in [0.15, 0.2) is 0 Å². The van der Waals surface area contributed by atoms with Crippen molar-refractivity contribution < 1.29 is 9.53 Å². The SMILES string of the molecule is N#Cc1cc(Oc2ccc(C(=O)N[C@@H]3C[C@H]4CC[C@@H]3N4)cc2)ccn1. The molecule has 0 aliphatic carbocycles. The summed E-state index contributed by atoms with van der Waals surface area (Å²) in [6.45, 7) is 0. The molecule has 0 saturated carbocycles. The average molecular weight is 334 g/mol. The average Bonchev–Trinajstić information content (AvgIpc) is 3.25. The van der Waals surface area contributed by atoms with Crippen molar-refractivity contribution >= 4 is 5.91 Å². The van der Waals surface area contributed by atoms with Crippen LogP contribution in [0.5, 0.6) is 11.5 Å². The van der Waals surface area contributed by atoms with E-state index in [0.29, 0.717) is 34.8 Å². The molecule has 0 unspecified atom stereocenters. The smallest absolute Gasteiger partial charge is 0.251 e. The fourth-order valence-corrected chi connectivity index (χ4v) is 3.58. The summed E-state index contributed by atoms with van der Waals surface area (Å²) in [5.74, 6) is 1.09. The zero-order chi connectivity index (χ0) is 17.2. The van der Waals surface area contributed by atoms with Crippen molar-refractivity contribution in [2.75, 3.05) is 0 Å². The summed E-state index contributed by atoms with van der Waals surface area (Å²) in [6.07, 6.45) is 4.89. The highest BCUT2D eigenvalue weighted by Crippen LogP contribution is 2.28. The first kappa shape index (κ1) is 15.6. The minimum absolute atomic E-state index is 0.0541. The first-order valence-electron chi connectivity index (χ1n) is 8.42. The minimum atomic E-state index is -0.0541. The molecule has 2 aromatic rings. The summed E-state index contributed by atoms with van der Waals surface area (Å²) in [5, 5.41) is 15.5. The van der Waals surface area contributed by atoms with Crippen molar-refractivity contribution in [1.29, 1.82) is 5.26 Å². The Hall–Kier alpha value is -2.91. The van der Waals surface area contributed by atoms with E-state index in [1.165, 1.54) is 12.6 Å². The normalized spacial score (nSPS) is 23.9. The van der Waals surface area contributed by atoms with Crippen LogP contribution in [0, 0.1) is 11.3 Å². The quantitative estimate of drug-likeness (QED) is 0.896. The standard InChI is InChI=1S/C19H18N4O2/c20-11-14-9-16(7-8-21-14)25-15-4-1-12(2-5-15)19(24)23-18-10-13-3-6-17(18)22-13/h1-2,4-5,7-9,13,17-18,22H,3,6,10H2,(H,23,24)/t13-,17+,18-/m1/s1. The van der Waals surface area contributed by atoms with E-state index in [-0.39, 0.29) is 11.9 Å². The predicted octanol–water partition coefficient (Wildman–Crippen LogP) is 2.37. The lowest BCUT2D eigenvalue weighted by molar-refractivity contribution is 0.0931. The number of carbonyl (C=O) groups excluding carboxylic acids is 1. The fourth-order valence-electron chi connectivity index (χ4n) is 3.58. The molecule has 1 amide bonds. The molecule has 1 aromatic carbocycles. The summed E-state index contributed by atoms with van der Waals surface area (Å²) in [6, 6.07) is 13.4. The number of aromatic nitrogens is 1. The van der Waals surface area contributed by atoms with E-state index in [4.69, 9.17) is 10.00 Å². The van der Waals surface area contributed by atoms with Crippen molar-refractivity contribution in [3.8, 4) is 17.6 Å². The molecule has 2 aliphatic rings. The van der Waals surface area contributed by atoms with Crippen LogP contribution in [0.4, 0.5) is 0 Å². The Labute approximate surface area is 145 Å². The molecule has 126 valence electrons. The van der Waals surface area contributed by atoms with E-state index in [0.717, 1.165) is 12.8 Å². The number of nitrogens with zero attached hydrogens (tertiary/aromatic N) is 2. The topological polar surface area (TPSA) is 87.0 Å². The van der Waals surface area contributed by atoms with Crippen molar-refractivity contribution in [1.82, 2.24) is 15.6 Å². The van der Waals surface area contributed by atoms with Gasteiger partial charge in [-0.25, -0.2) is 4.98 Å². The Morgan fingerprint density at radius 2 is 2.08 bits per heavy atom. The molecule has 3 heterocycles. The zero-order valence-electron chi connectivity index (χ0n) is 13.6. The van der Waals surface area contributed by atoms with Crippen molar-refractivity contribution in [3.63, 3.8) is 0 Å². The van der Waals surface area contributed by atoms with E-state index in [1.807, 2.05) is 6.07 Å². The molecule has 2 saturated heterocycles. The molecule has 2 fully saturated rings. The molecule has 4 rings (SSSR count). The van der Waals surface area contributed by atoms with Crippen LogP contribution in [-0.2, 0) is 0 Å². The van der Waals surface area contributed by atoms with E-state index < -0.39 is 0 Å². The number of fused-ring (bicyclic) bond motifs is 2. The zero-order valence-corrected chi connectivity index (χ0v) is 13.6. The molecular weight excluding hydrogens is 316 g/mol. The first-order chi connectivity index (χ1) is 12.2. The summed E-state index contributed by atoms with van der Waals surface area (Å²) < 4.78 is 5.70. The third kappa shape index (κ3) is 3.32. The molecule has 0 spiro atoms. The van der Waals surface area contributed by atoms with Gasteiger partial charge in [-0.15, -0.1) is 0 Å². The molecule has 3 atom stereocenters. The minimum Gasteiger partial charge on any atom is -0.457 e. The summed E-state index contributed by atoms with van der Waals surface area (Å²) in [4.78, 5) is 16.3. The van der Waals surface area contributed by atoms with Crippen molar-refractivity contribution in [2.24, 2.45) is 0 Å². The largest absolute Gasteiger partial charge is 0.457 e. The molecule has 25 heavy (non-hydrogen) atoms. The van der Waals surface area contributed by atoms with Crippen LogP contribution < -0.4 is 15.4 Å². The number of hydrogen-bond acceptors (Lipinski definition) is 5. The molecule has 1 aromatic heterocycles. The predicted molar refractivity (Wildman–Crippen MR) is 91.3 cm³/mol. The van der Waals surface area contributed by atoms with Gasteiger partial charge in [0.1, 0.15) is 23.3 Å². The third-order valence-electron chi connectivity index (χ3n) is 4.81. The van der Waals surface area contributed by atoms with Crippen molar-refractivity contribution in [3.05, 3.63) is 53.9 Å². The van der Waals surface area contributed by atoms with Gasteiger partial charge in [-0.05, 0) is 49.6 Å². The van der Waals surface area contributed by atoms with E-state index >= 15 is 0 Å². The van der Waals surface area contributed by atoms with Gasteiger partial charge in [-0.2, -0.15) is 5.26 Å². The van der Waals surface area contributed by atoms with E-state index in [9.17, 15) is 4.79 Å². The van der Waals surface area contributed by atoms with Crippen LogP contribution in [-0.4, -0.2) is 29.0 Å². The van der Waals surface area contributed by atoms with Gasteiger partial charge in [-0.3, -0.25) is 4.79 Å². The summed E-state index contributed by atoms with van der Waals surface area (Å²) in [7, 11) is 0. The summed E-state index contributed by atoms with van der Waals surface area (Å²) >= 11 is 0. The monoisotopic (exact) mass is 334 g/mol. The number of carbonyl (C=O) groups is 1. The van der Waals surface area contributed by atoms with Gasteiger partial charge in [0, 0.05) is 36.0 Å². The van der Waals surface area contributed by atoms with Crippen LogP contribution in [0.15, 0.2) is 42.6 Å². The number of rotatable bonds is 4. The highest BCUT2D eigenvalue weighted by molar-refractivity contribution is 5.94. The number of nitriles is 1. The molecular formula is C19H18N4O2. The van der Waals surface area contributed by atoms with Crippen molar-refractivity contribution in [2.45, 2.75) is 37.4 Å². The maximum Gasteiger partial charge on any atom is 0.251 e. The van der Waals surface area contributed by atoms with Crippen LogP contribution >= 0.6 is 0 Å². The fraction of sp³-hybridized carbons (Fsp3) is 0.316. The molecule has 0 radical (unpaired) electrons. The Kier molecular flexibility index (Phi) is 4.08. The number of amides is 1. The van der Waals surface area contributed by atoms with Crippen LogP contribution in [0.2, 0.25) is 0 Å². The van der Waals surface area contributed by atoms with Crippen LogP contribution in [0.25, 0.3) is 0 Å². The Balaban J connectivity index is 1.39. The Morgan fingerprint density at radius 3 is 2.76 bits per heavy atom. The second-order valence-electron chi connectivity index (χ2n) is 6.48. The maximum absolute atomic E-state index is 12.4. The van der Waals surface area contributed by atoms with Gasteiger partial charge >= 0.3 is 0 Å². The second-order valence-corrected chi connectivity index (χ2v) is 6.48. The lowest BCUT2D eigenvalue weighted by Crippen LogP contribution is -2.42. The number of hydrogen-bond donors (Lipinski definition) is 2. The lowest BCUT2D eigenvalue weighted by Gasteiger charge is -2.21. The first-order valence-corrected chi connectivity index (χ1v) is 8.42. The molecule has 6 heteroatoms. The Bertz CT molecular complexity index is 828. The van der Waals surface area contributed by atoms with Gasteiger partial charge in [0.05, 0.1) is 0 Å². The highest BCUT2D eigenvalue weighted by atomic mass is 16.5. The van der Waals surface area contributed by atoms with Crippen LogP contribution in [0.1, 0.15) is 35.3 Å². The van der Waals surface area contributed by atoms with Gasteiger partial charge in [-0.1, -0.05) is 0 Å². The number of nitrogens with one attached hydrogen (secondary N) is 2. The second kappa shape index (κ2) is 6.54. The Morgan fingerprint density at radius 1 is 1.24 bits per heavy atom. The number of pyridine rings is 1. The maximum atomic E-state index is 12.4.